The van der Waals surface area contributed by atoms with Gasteiger partial charge >= 0.3 is 0 Å². The van der Waals surface area contributed by atoms with Gasteiger partial charge in [0.2, 0.25) is 0 Å². The number of morpholine rings is 1. The van der Waals surface area contributed by atoms with E-state index in [1.807, 2.05) is 0 Å². The summed E-state index contributed by atoms with van der Waals surface area (Å²) in [6.07, 6.45) is 0. The molecule has 0 aliphatic carbocycles. The molecule has 4 nitrogen and oxygen atoms in total. The third kappa shape index (κ3) is 1.81. The Labute approximate surface area is 82.1 Å². The van der Waals surface area contributed by atoms with Crippen LogP contribution >= 0.6 is 0 Å². The van der Waals surface area contributed by atoms with E-state index in [1.165, 1.54) is 6.07 Å². The molecule has 14 heavy (non-hydrogen) atoms. The van der Waals surface area contributed by atoms with Gasteiger partial charge in [-0.25, -0.2) is 0 Å². The molecule has 1 aromatic carbocycles. The van der Waals surface area contributed by atoms with Crippen molar-refractivity contribution in [3.8, 4) is 11.5 Å². The zero-order chi connectivity index (χ0) is 9.97. The van der Waals surface area contributed by atoms with Crippen molar-refractivity contribution >= 4 is 0 Å². The van der Waals surface area contributed by atoms with E-state index in [1.54, 1.807) is 12.1 Å². The third-order valence-corrected chi connectivity index (χ3v) is 2.31. The topological polar surface area (TPSA) is 61.7 Å². The van der Waals surface area contributed by atoms with Crippen molar-refractivity contribution in [2.75, 3.05) is 19.8 Å². The van der Waals surface area contributed by atoms with E-state index in [9.17, 15) is 5.11 Å². The van der Waals surface area contributed by atoms with Crippen LogP contribution in [-0.2, 0) is 4.74 Å². The maximum Gasteiger partial charge on any atom is 0.124 e. The fourth-order valence-corrected chi connectivity index (χ4v) is 1.59. The average molecular weight is 195 g/mol. The molecule has 0 saturated carbocycles. The molecule has 1 saturated heterocycles. The summed E-state index contributed by atoms with van der Waals surface area (Å²) in [6.45, 7) is 2.04. The lowest BCUT2D eigenvalue weighted by molar-refractivity contribution is 0.0760. The summed E-state index contributed by atoms with van der Waals surface area (Å²) in [5.41, 5.74) is 0.766. The van der Waals surface area contributed by atoms with E-state index in [2.05, 4.69) is 5.32 Å². The van der Waals surface area contributed by atoms with Gasteiger partial charge < -0.3 is 20.3 Å². The number of rotatable bonds is 1. The Morgan fingerprint density at radius 3 is 2.86 bits per heavy atom. The van der Waals surface area contributed by atoms with Gasteiger partial charge in [0.1, 0.15) is 11.5 Å². The van der Waals surface area contributed by atoms with Crippen LogP contribution < -0.4 is 5.32 Å². The van der Waals surface area contributed by atoms with Gasteiger partial charge in [0.15, 0.2) is 0 Å². The first-order valence-electron chi connectivity index (χ1n) is 4.60. The second-order valence-corrected chi connectivity index (χ2v) is 3.32. The molecule has 1 atom stereocenters. The summed E-state index contributed by atoms with van der Waals surface area (Å²) in [5.74, 6) is 0.177. The van der Waals surface area contributed by atoms with Crippen LogP contribution in [0.2, 0.25) is 0 Å². The highest BCUT2D eigenvalue weighted by atomic mass is 16.5. The van der Waals surface area contributed by atoms with Gasteiger partial charge in [-0.05, 0) is 12.1 Å². The number of nitrogens with one attached hydrogen (secondary N) is 1. The van der Waals surface area contributed by atoms with E-state index in [4.69, 9.17) is 9.84 Å². The normalized spacial score (nSPS) is 22.1. The van der Waals surface area contributed by atoms with E-state index in [0.29, 0.717) is 13.2 Å². The van der Waals surface area contributed by atoms with Crippen molar-refractivity contribution in [2.24, 2.45) is 0 Å². The standard InChI is InChI=1S/C10H13NO3/c12-7-1-2-8(10(13)5-7)9-6-14-4-3-11-9/h1-2,5,9,11-13H,3-4,6H2/t9-/m0/s1. The second kappa shape index (κ2) is 3.86. The van der Waals surface area contributed by atoms with Crippen LogP contribution in [0.1, 0.15) is 11.6 Å². The maximum atomic E-state index is 9.59. The van der Waals surface area contributed by atoms with Crippen molar-refractivity contribution in [1.29, 1.82) is 0 Å². The quantitative estimate of drug-likeness (QED) is 0.619. The first-order chi connectivity index (χ1) is 6.77. The Kier molecular flexibility index (Phi) is 2.56. The maximum absolute atomic E-state index is 9.59. The smallest absolute Gasteiger partial charge is 0.124 e. The molecular formula is C10H13NO3. The molecule has 1 aliphatic rings. The highest BCUT2D eigenvalue weighted by Crippen LogP contribution is 2.28. The van der Waals surface area contributed by atoms with Gasteiger partial charge in [-0.3, -0.25) is 0 Å². The zero-order valence-corrected chi connectivity index (χ0v) is 7.73. The van der Waals surface area contributed by atoms with Crippen LogP contribution in [0, 0.1) is 0 Å². The van der Waals surface area contributed by atoms with Crippen LogP contribution in [0.5, 0.6) is 11.5 Å². The Morgan fingerprint density at radius 1 is 1.36 bits per heavy atom. The Bertz CT molecular complexity index is 321. The van der Waals surface area contributed by atoms with E-state index in [0.717, 1.165) is 12.1 Å². The molecule has 0 unspecified atom stereocenters. The first kappa shape index (κ1) is 9.30. The molecule has 0 spiro atoms. The molecule has 0 bridgehead atoms. The van der Waals surface area contributed by atoms with E-state index < -0.39 is 0 Å². The summed E-state index contributed by atoms with van der Waals surface area (Å²) in [7, 11) is 0. The van der Waals surface area contributed by atoms with Crippen molar-refractivity contribution in [3.63, 3.8) is 0 Å². The fourth-order valence-electron chi connectivity index (χ4n) is 1.59. The second-order valence-electron chi connectivity index (χ2n) is 3.32. The van der Waals surface area contributed by atoms with Gasteiger partial charge in [-0.2, -0.15) is 0 Å². The lowest BCUT2D eigenvalue weighted by atomic mass is 10.1. The number of benzene rings is 1. The number of ether oxygens (including phenoxy) is 1. The number of aromatic hydroxyl groups is 2. The van der Waals surface area contributed by atoms with Crippen LogP contribution in [-0.4, -0.2) is 30.0 Å². The SMILES string of the molecule is Oc1ccc([C@@H]2COCCN2)c(O)c1. The van der Waals surface area contributed by atoms with Crippen LogP contribution in [0.25, 0.3) is 0 Å². The van der Waals surface area contributed by atoms with Gasteiger partial charge in [0, 0.05) is 18.2 Å². The largest absolute Gasteiger partial charge is 0.508 e. The number of phenolic OH excluding ortho intramolecular Hbond substituents is 2. The monoisotopic (exact) mass is 195 g/mol. The Morgan fingerprint density at radius 2 is 2.21 bits per heavy atom. The van der Waals surface area contributed by atoms with E-state index in [-0.39, 0.29) is 17.5 Å². The predicted molar refractivity (Wildman–Crippen MR) is 51.3 cm³/mol. The summed E-state index contributed by atoms with van der Waals surface area (Å²) in [6, 6.07) is 4.62. The highest BCUT2D eigenvalue weighted by molar-refractivity contribution is 5.40. The van der Waals surface area contributed by atoms with Crippen molar-refractivity contribution in [2.45, 2.75) is 6.04 Å². The lowest BCUT2D eigenvalue weighted by Crippen LogP contribution is -2.34. The summed E-state index contributed by atoms with van der Waals surface area (Å²) < 4.78 is 5.29. The number of hydrogen-bond acceptors (Lipinski definition) is 4. The van der Waals surface area contributed by atoms with Gasteiger partial charge in [0.05, 0.1) is 19.3 Å². The minimum absolute atomic E-state index is 0.0179. The minimum atomic E-state index is 0.0179. The molecular weight excluding hydrogens is 182 g/mol. The molecule has 3 N–H and O–H groups in total. The first-order valence-corrected chi connectivity index (χ1v) is 4.60. The Balaban J connectivity index is 2.22. The van der Waals surface area contributed by atoms with Crippen molar-refractivity contribution < 1.29 is 14.9 Å². The molecule has 76 valence electrons. The summed E-state index contributed by atoms with van der Waals surface area (Å²) in [5, 5.41) is 21.9. The zero-order valence-electron chi connectivity index (χ0n) is 7.73. The summed E-state index contributed by atoms with van der Waals surface area (Å²) >= 11 is 0. The predicted octanol–water partition coefficient (Wildman–Crippen LogP) is 0.759. The minimum Gasteiger partial charge on any atom is -0.508 e. The molecule has 0 amide bonds. The third-order valence-electron chi connectivity index (χ3n) is 2.31. The van der Waals surface area contributed by atoms with Crippen LogP contribution in [0.15, 0.2) is 18.2 Å². The van der Waals surface area contributed by atoms with Crippen LogP contribution in [0.3, 0.4) is 0 Å². The molecule has 0 radical (unpaired) electrons. The molecule has 1 fully saturated rings. The van der Waals surface area contributed by atoms with Crippen LogP contribution in [0.4, 0.5) is 0 Å². The fraction of sp³-hybridized carbons (Fsp3) is 0.400. The van der Waals surface area contributed by atoms with Gasteiger partial charge in [-0.1, -0.05) is 0 Å². The highest BCUT2D eigenvalue weighted by Gasteiger charge is 2.18. The summed E-state index contributed by atoms with van der Waals surface area (Å²) in [4.78, 5) is 0. The van der Waals surface area contributed by atoms with Crippen molar-refractivity contribution in [3.05, 3.63) is 23.8 Å². The van der Waals surface area contributed by atoms with E-state index >= 15 is 0 Å². The molecule has 1 aromatic rings. The molecule has 0 aromatic heterocycles. The molecule has 4 heteroatoms. The number of phenols is 2. The molecule has 1 heterocycles. The van der Waals surface area contributed by atoms with Gasteiger partial charge in [0.25, 0.3) is 0 Å². The average Bonchev–Trinajstić information content (AvgIpc) is 2.19. The van der Waals surface area contributed by atoms with Gasteiger partial charge in [-0.15, -0.1) is 0 Å². The molecule has 2 rings (SSSR count). The molecule has 1 aliphatic heterocycles. The Hall–Kier alpha value is -1.26. The lowest BCUT2D eigenvalue weighted by Gasteiger charge is -2.24. The number of hydrogen-bond donors (Lipinski definition) is 3. The van der Waals surface area contributed by atoms with Crippen molar-refractivity contribution in [1.82, 2.24) is 5.32 Å².